The number of carbonyl (C=O) groups is 2. The summed E-state index contributed by atoms with van der Waals surface area (Å²) in [7, 11) is 2.07. The van der Waals surface area contributed by atoms with E-state index in [9.17, 15) is 9.59 Å². The molecule has 0 unspecified atom stereocenters. The Balaban J connectivity index is 1.44. The zero-order valence-electron chi connectivity index (χ0n) is 16.3. The van der Waals surface area contributed by atoms with Crippen LogP contribution in [0.4, 0.5) is 5.69 Å². The van der Waals surface area contributed by atoms with E-state index in [2.05, 4.69) is 39.7 Å². The molecule has 2 heterocycles. The summed E-state index contributed by atoms with van der Waals surface area (Å²) in [6.45, 7) is 2.34. The highest BCUT2D eigenvalue weighted by molar-refractivity contribution is 7.12. The minimum absolute atomic E-state index is 0.171. The number of carbonyl (C=O) groups excluding carboxylic acids is 2. The monoisotopic (exact) mass is 408 g/mol. The molecule has 2 N–H and O–H groups in total. The van der Waals surface area contributed by atoms with Crippen molar-refractivity contribution < 1.29 is 9.59 Å². The minimum atomic E-state index is -0.262. The Morgan fingerprint density at radius 2 is 1.79 bits per heavy atom. The second kappa shape index (κ2) is 10.5. The van der Waals surface area contributed by atoms with Crippen molar-refractivity contribution in [3.8, 4) is 0 Å². The van der Waals surface area contributed by atoms with Crippen LogP contribution < -0.4 is 10.6 Å². The number of benzene rings is 1. The number of hydrogen-bond donors (Lipinski definition) is 2. The van der Waals surface area contributed by atoms with E-state index >= 15 is 0 Å². The Kier molecular flexibility index (Phi) is 7.49. The second-order valence-electron chi connectivity index (χ2n) is 6.69. The Labute approximate surface area is 174 Å². The molecular weight excluding hydrogens is 384 g/mol. The van der Waals surface area contributed by atoms with Gasteiger partial charge in [-0.3, -0.25) is 14.6 Å². The van der Waals surface area contributed by atoms with E-state index in [1.807, 2.05) is 18.2 Å². The minimum Gasteiger partial charge on any atom is -0.351 e. The summed E-state index contributed by atoms with van der Waals surface area (Å²) in [5.74, 6) is -0.432. The summed E-state index contributed by atoms with van der Waals surface area (Å²) >= 11 is 1.31. The van der Waals surface area contributed by atoms with Crippen LogP contribution in [0.1, 0.15) is 32.0 Å². The van der Waals surface area contributed by atoms with Crippen LogP contribution >= 0.6 is 11.3 Å². The highest BCUT2D eigenvalue weighted by Gasteiger charge is 2.15. The lowest BCUT2D eigenvalue weighted by Crippen LogP contribution is -2.28. The largest absolute Gasteiger partial charge is 0.351 e. The third-order valence-corrected chi connectivity index (χ3v) is 5.27. The molecule has 0 bridgehead atoms. The van der Waals surface area contributed by atoms with Gasteiger partial charge in [-0.25, -0.2) is 0 Å². The van der Waals surface area contributed by atoms with Crippen LogP contribution in [0, 0.1) is 0 Å². The summed E-state index contributed by atoms with van der Waals surface area (Å²) in [6, 6.07) is 15.3. The van der Waals surface area contributed by atoms with Crippen molar-refractivity contribution in [2.24, 2.45) is 0 Å². The summed E-state index contributed by atoms with van der Waals surface area (Å²) in [5.41, 5.74) is 2.29. The fourth-order valence-corrected chi connectivity index (χ4v) is 3.65. The first-order valence-corrected chi connectivity index (χ1v) is 10.3. The number of aromatic nitrogens is 1. The maximum atomic E-state index is 12.5. The molecule has 7 heteroatoms. The van der Waals surface area contributed by atoms with E-state index in [1.54, 1.807) is 36.0 Å². The average molecular weight is 409 g/mol. The Morgan fingerprint density at radius 3 is 2.55 bits per heavy atom. The molecule has 1 aromatic carbocycles. The highest BCUT2D eigenvalue weighted by Crippen LogP contribution is 2.22. The number of nitrogens with one attached hydrogen (secondary N) is 2. The normalized spacial score (nSPS) is 10.7. The number of rotatable bonds is 9. The Morgan fingerprint density at radius 1 is 1.03 bits per heavy atom. The van der Waals surface area contributed by atoms with E-state index < -0.39 is 0 Å². The third kappa shape index (κ3) is 6.23. The van der Waals surface area contributed by atoms with Gasteiger partial charge in [0.2, 0.25) is 0 Å². The van der Waals surface area contributed by atoms with Crippen molar-refractivity contribution in [1.29, 1.82) is 0 Å². The van der Waals surface area contributed by atoms with Crippen LogP contribution in [0.2, 0.25) is 0 Å². The fraction of sp³-hybridized carbons (Fsp3) is 0.227. The first-order valence-electron chi connectivity index (χ1n) is 9.43. The van der Waals surface area contributed by atoms with Gasteiger partial charge in [0.15, 0.2) is 0 Å². The number of amides is 2. The summed E-state index contributed by atoms with van der Waals surface area (Å²) in [5, 5.41) is 7.54. The Hall–Kier alpha value is -3.03. The maximum absolute atomic E-state index is 12.5. The van der Waals surface area contributed by atoms with Crippen molar-refractivity contribution >= 4 is 28.8 Å². The molecular formula is C22H24N4O2S. The van der Waals surface area contributed by atoms with Gasteiger partial charge in [0, 0.05) is 31.0 Å². The van der Waals surface area contributed by atoms with Gasteiger partial charge in [-0.15, -0.1) is 11.3 Å². The molecule has 0 atom stereocenters. The summed E-state index contributed by atoms with van der Waals surface area (Å²) < 4.78 is 0. The quantitative estimate of drug-likeness (QED) is 0.530. The van der Waals surface area contributed by atoms with Crippen LogP contribution in [-0.4, -0.2) is 41.8 Å². The molecule has 150 valence electrons. The molecule has 0 spiro atoms. The molecule has 0 radical (unpaired) electrons. The lowest BCUT2D eigenvalue weighted by Gasteiger charge is -2.16. The van der Waals surface area contributed by atoms with Gasteiger partial charge in [-0.2, -0.15) is 0 Å². The number of pyridine rings is 1. The van der Waals surface area contributed by atoms with E-state index in [4.69, 9.17) is 0 Å². The zero-order valence-corrected chi connectivity index (χ0v) is 17.1. The van der Waals surface area contributed by atoms with Crippen molar-refractivity contribution in [3.63, 3.8) is 0 Å². The maximum Gasteiger partial charge on any atom is 0.263 e. The summed E-state index contributed by atoms with van der Waals surface area (Å²) in [4.78, 5) is 31.4. The average Bonchev–Trinajstić information content (AvgIpc) is 3.20. The molecule has 0 aliphatic carbocycles. The number of hydrogen-bond acceptors (Lipinski definition) is 5. The van der Waals surface area contributed by atoms with Gasteiger partial charge in [-0.1, -0.05) is 30.3 Å². The smallest absolute Gasteiger partial charge is 0.263 e. The van der Waals surface area contributed by atoms with Crippen molar-refractivity contribution in [2.75, 3.05) is 25.5 Å². The van der Waals surface area contributed by atoms with Crippen LogP contribution in [0.15, 0.2) is 66.3 Å². The van der Waals surface area contributed by atoms with Crippen molar-refractivity contribution in [3.05, 3.63) is 82.3 Å². The van der Waals surface area contributed by atoms with E-state index in [-0.39, 0.29) is 11.8 Å². The number of thiophene rings is 1. The third-order valence-electron chi connectivity index (χ3n) is 4.36. The van der Waals surface area contributed by atoms with E-state index in [1.165, 1.54) is 16.9 Å². The van der Waals surface area contributed by atoms with Gasteiger partial charge >= 0.3 is 0 Å². The van der Waals surface area contributed by atoms with Gasteiger partial charge in [0.05, 0.1) is 5.69 Å². The van der Waals surface area contributed by atoms with Crippen LogP contribution in [0.3, 0.4) is 0 Å². The second-order valence-corrected chi connectivity index (χ2v) is 7.60. The zero-order chi connectivity index (χ0) is 20.5. The predicted octanol–water partition coefficient (Wildman–Crippen LogP) is 3.65. The Bertz CT molecular complexity index is 928. The van der Waals surface area contributed by atoms with Gasteiger partial charge in [0.25, 0.3) is 11.8 Å². The number of nitrogens with zero attached hydrogens (tertiary/aromatic N) is 2. The standard InChI is InChI=1S/C22H24N4O2S/c1-26(16-17-6-3-2-4-7-17)14-5-11-24-22(28)20-19(10-15-29-20)25-21(27)18-8-12-23-13-9-18/h2-4,6-10,12-13,15H,5,11,14,16H2,1H3,(H,24,28)(H,25,27). The molecule has 3 rings (SSSR count). The molecule has 6 nitrogen and oxygen atoms in total. The molecule has 0 saturated heterocycles. The van der Waals surface area contributed by atoms with Crippen molar-refractivity contribution in [2.45, 2.75) is 13.0 Å². The molecule has 3 aromatic rings. The first kappa shape index (κ1) is 20.7. The SMILES string of the molecule is CN(CCCNC(=O)c1sccc1NC(=O)c1ccncc1)Cc1ccccc1. The van der Waals surface area contributed by atoms with Crippen molar-refractivity contribution in [1.82, 2.24) is 15.2 Å². The molecule has 29 heavy (non-hydrogen) atoms. The lowest BCUT2D eigenvalue weighted by atomic mass is 10.2. The molecule has 2 amide bonds. The fourth-order valence-electron chi connectivity index (χ4n) is 2.89. The molecule has 0 saturated carbocycles. The molecule has 2 aromatic heterocycles. The first-order chi connectivity index (χ1) is 14.1. The highest BCUT2D eigenvalue weighted by atomic mass is 32.1. The molecule has 0 aliphatic rings. The van der Waals surface area contributed by atoms with Gasteiger partial charge in [0.1, 0.15) is 4.88 Å². The predicted molar refractivity (Wildman–Crippen MR) is 116 cm³/mol. The van der Waals surface area contributed by atoms with Crippen LogP contribution in [0.5, 0.6) is 0 Å². The summed E-state index contributed by atoms with van der Waals surface area (Å²) in [6.07, 6.45) is 3.97. The molecule has 0 fully saturated rings. The van der Waals surface area contributed by atoms with E-state index in [0.29, 0.717) is 22.7 Å². The van der Waals surface area contributed by atoms with Gasteiger partial charge < -0.3 is 15.5 Å². The topological polar surface area (TPSA) is 74.3 Å². The van der Waals surface area contributed by atoms with Crippen LogP contribution in [0.25, 0.3) is 0 Å². The molecule has 0 aliphatic heterocycles. The van der Waals surface area contributed by atoms with E-state index in [0.717, 1.165) is 19.5 Å². The van der Waals surface area contributed by atoms with Crippen LogP contribution in [-0.2, 0) is 6.54 Å². The lowest BCUT2D eigenvalue weighted by molar-refractivity contribution is 0.0956. The number of anilines is 1. The van der Waals surface area contributed by atoms with Gasteiger partial charge in [-0.05, 0) is 49.2 Å².